The summed E-state index contributed by atoms with van der Waals surface area (Å²) < 4.78 is 6.02. The smallest absolute Gasteiger partial charge is 0.135 e. The van der Waals surface area contributed by atoms with Gasteiger partial charge < -0.3 is 4.42 Å². The number of hydrogen-bond acceptors (Lipinski definition) is 1. The van der Waals surface area contributed by atoms with Gasteiger partial charge in [-0.3, -0.25) is 0 Å². The van der Waals surface area contributed by atoms with Crippen LogP contribution in [-0.2, 0) is 0 Å². The first-order valence-corrected chi connectivity index (χ1v) is 10.3. The molecule has 0 saturated heterocycles. The van der Waals surface area contributed by atoms with Crippen molar-refractivity contribution in [3.05, 3.63) is 96.6 Å². The van der Waals surface area contributed by atoms with E-state index in [9.17, 15) is 0 Å². The lowest BCUT2D eigenvalue weighted by atomic mass is 9.90. The third kappa shape index (κ3) is 3.23. The van der Waals surface area contributed by atoms with Gasteiger partial charge in [-0.1, -0.05) is 80.6 Å². The molecule has 0 radical (unpaired) electrons. The molecule has 0 aliphatic rings. The molecule has 0 N–H and O–H groups in total. The molecule has 0 amide bonds. The largest absolute Gasteiger partial charge is 0.456 e. The number of rotatable bonds is 4. The van der Waals surface area contributed by atoms with Crippen molar-refractivity contribution < 1.29 is 4.42 Å². The molecule has 4 aromatic carbocycles. The summed E-state index contributed by atoms with van der Waals surface area (Å²) in [5.74, 6) is 0.524. The Morgan fingerprint density at radius 2 is 1.31 bits per heavy atom. The van der Waals surface area contributed by atoms with Crippen LogP contribution in [0.1, 0.15) is 31.7 Å². The number of para-hydroxylation sites is 1. The molecule has 5 rings (SSSR count). The van der Waals surface area contributed by atoms with Crippen LogP contribution in [0.5, 0.6) is 0 Å². The van der Waals surface area contributed by atoms with Crippen molar-refractivity contribution in [2.45, 2.75) is 26.2 Å². The van der Waals surface area contributed by atoms with E-state index >= 15 is 0 Å². The number of fused-ring (bicyclic) bond motifs is 3. The normalized spacial score (nSPS) is 12.5. The van der Waals surface area contributed by atoms with Gasteiger partial charge >= 0.3 is 0 Å². The van der Waals surface area contributed by atoms with E-state index in [1.165, 1.54) is 38.6 Å². The lowest BCUT2D eigenvalue weighted by molar-refractivity contribution is 0.669. The van der Waals surface area contributed by atoms with Gasteiger partial charge in [-0.2, -0.15) is 0 Å². The summed E-state index contributed by atoms with van der Waals surface area (Å²) in [4.78, 5) is 0. The summed E-state index contributed by atoms with van der Waals surface area (Å²) in [5.41, 5.74) is 8.29. The summed E-state index contributed by atoms with van der Waals surface area (Å²) >= 11 is 0. The van der Waals surface area contributed by atoms with E-state index in [0.717, 1.165) is 17.6 Å². The van der Waals surface area contributed by atoms with Crippen molar-refractivity contribution >= 4 is 21.9 Å². The summed E-state index contributed by atoms with van der Waals surface area (Å²) in [7, 11) is 0. The molecule has 29 heavy (non-hydrogen) atoms. The highest BCUT2D eigenvalue weighted by Crippen LogP contribution is 2.35. The summed E-state index contributed by atoms with van der Waals surface area (Å²) in [5, 5.41) is 2.35. The Hall–Kier alpha value is -3.32. The molecular weight excluding hydrogens is 352 g/mol. The molecule has 5 aromatic rings. The molecule has 1 nitrogen and oxygen atoms in total. The minimum atomic E-state index is 0.524. The Labute approximate surface area is 171 Å². The maximum Gasteiger partial charge on any atom is 0.135 e. The van der Waals surface area contributed by atoms with Crippen LogP contribution < -0.4 is 0 Å². The fourth-order valence-corrected chi connectivity index (χ4v) is 4.04. The van der Waals surface area contributed by atoms with E-state index in [2.05, 4.69) is 92.7 Å². The molecule has 0 spiro atoms. The monoisotopic (exact) mass is 376 g/mol. The van der Waals surface area contributed by atoms with Gasteiger partial charge in [0.2, 0.25) is 0 Å². The Morgan fingerprint density at radius 1 is 0.621 bits per heavy atom. The van der Waals surface area contributed by atoms with Gasteiger partial charge in [0.15, 0.2) is 0 Å². The fourth-order valence-electron chi connectivity index (χ4n) is 4.04. The average molecular weight is 376 g/mol. The Morgan fingerprint density at radius 3 is 2.10 bits per heavy atom. The molecule has 0 saturated carbocycles. The molecule has 0 fully saturated rings. The molecule has 1 atom stereocenters. The van der Waals surface area contributed by atoms with Crippen LogP contribution in [0.2, 0.25) is 0 Å². The first kappa shape index (κ1) is 17.8. The summed E-state index contributed by atoms with van der Waals surface area (Å²) in [6.07, 6.45) is 1.13. The van der Waals surface area contributed by atoms with Crippen molar-refractivity contribution in [1.29, 1.82) is 0 Å². The van der Waals surface area contributed by atoms with Crippen LogP contribution in [0.4, 0.5) is 0 Å². The van der Waals surface area contributed by atoms with E-state index in [0.29, 0.717) is 5.92 Å². The number of hydrogen-bond donors (Lipinski definition) is 0. The van der Waals surface area contributed by atoms with E-state index in [1.807, 2.05) is 12.1 Å². The lowest BCUT2D eigenvalue weighted by Gasteiger charge is -2.15. The second-order valence-electron chi connectivity index (χ2n) is 7.83. The molecule has 0 bridgehead atoms. The van der Waals surface area contributed by atoms with Crippen molar-refractivity contribution in [2.24, 2.45) is 0 Å². The number of furan rings is 1. The van der Waals surface area contributed by atoms with Crippen LogP contribution in [0.25, 0.3) is 44.2 Å². The minimum Gasteiger partial charge on any atom is -0.456 e. The molecule has 1 aromatic heterocycles. The zero-order chi connectivity index (χ0) is 19.8. The SMILES string of the molecule is CCC(C)c1cc(-c2ccccc2)cc(-c2ccc3oc4ccccc4c3c2)c1. The second-order valence-corrected chi connectivity index (χ2v) is 7.83. The van der Waals surface area contributed by atoms with Crippen LogP contribution >= 0.6 is 0 Å². The average Bonchev–Trinajstić information content (AvgIpc) is 3.16. The Balaban J connectivity index is 1.71. The molecule has 1 unspecified atom stereocenters. The molecule has 0 aliphatic heterocycles. The van der Waals surface area contributed by atoms with E-state index in [-0.39, 0.29) is 0 Å². The molecule has 0 aliphatic carbocycles. The maximum absolute atomic E-state index is 6.02. The zero-order valence-electron chi connectivity index (χ0n) is 16.9. The second kappa shape index (κ2) is 7.25. The highest BCUT2D eigenvalue weighted by atomic mass is 16.3. The zero-order valence-corrected chi connectivity index (χ0v) is 16.9. The van der Waals surface area contributed by atoms with Crippen molar-refractivity contribution in [2.75, 3.05) is 0 Å². The molecule has 1 heteroatoms. The molecule has 142 valence electrons. The minimum absolute atomic E-state index is 0.524. The molecule has 1 heterocycles. The first-order chi connectivity index (χ1) is 14.2. The Kier molecular flexibility index (Phi) is 4.44. The van der Waals surface area contributed by atoms with Gasteiger partial charge in [-0.15, -0.1) is 0 Å². The quantitative estimate of drug-likeness (QED) is 0.307. The van der Waals surface area contributed by atoms with E-state index in [4.69, 9.17) is 4.42 Å². The van der Waals surface area contributed by atoms with Crippen molar-refractivity contribution in [3.8, 4) is 22.3 Å². The lowest BCUT2D eigenvalue weighted by Crippen LogP contribution is -1.94. The van der Waals surface area contributed by atoms with Gasteiger partial charge in [0.25, 0.3) is 0 Å². The van der Waals surface area contributed by atoms with Crippen molar-refractivity contribution in [3.63, 3.8) is 0 Å². The predicted octanol–water partition coefficient (Wildman–Crippen LogP) is 8.43. The summed E-state index contributed by atoms with van der Waals surface area (Å²) in [6.45, 7) is 4.56. The number of benzene rings is 4. The van der Waals surface area contributed by atoms with E-state index < -0.39 is 0 Å². The van der Waals surface area contributed by atoms with Gasteiger partial charge in [0, 0.05) is 10.8 Å². The maximum atomic E-state index is 6.02. The third-order valence-corrected chi connectivity index (χ3v) is 5.95. The topological polar surface area (TPSA) is 13.1 Å². The standard InChI is InChI=1S/C28H24O/c1-3-19(2)22-15-23(20-9-5-4-6-10-20)17-24(16-22)21-13-14-28-26(18-21)25-11-7-8-12-27(25)29-28/h4-19H,3H2,1-2H3. The molecular formula is C28H24O. The van der Waals surface area contributed by atoms with Crippen LogP contribution in [0, 0.1) is 0 Å². The highest BCUT2D eigenvalue weighted by molar-refractivity contribution is 6.06. The van der Waals surface area contributed by atoms with E-state index in [1.54, 1.807) is 0 Å². The van der Waals surface area contributed by atoms with Gasteiger partial charge in [-0.25, -0.2) is 0 Å². The van der Waals surface area contributed by atoms with Crippen molar-refractivity contribution in [1.82, 2.24) is 0 Å². The Bertz CT molecular complexity index is 1290. The first-order valence-electron chi connectivity index (χ1n) is 10.3. The van der Waals surface area contributed by atoms with Crippen LogP contribution in [0.3, 0.4) is 0 Å². The van der Waals surface area contributed by atoms with Crippen LogP contribution in [-0.4, -0.2) is 0 Å². The predicted molar refractivity (Wildman–Crippen MR) is 123 cm³/mol. The van der Waals surface area contributed by atoms with Gasteiger partial charge in [0.05, 0.1) is 0 Å². The van der Waals surface area contributed by atoms with Crippen LogP contribution in [0.15, 0.2) is 95.4 Å². The van der Waals surface area contributed by atoms with Gasteiger partial charge in [-0.05, 0) is 64.4 Å². The highest BCUT2D eigenvalue weighted by Gasteiger charge is 2.12. The fraction of sp³-hybridized carbons (Fsp3) is 0.143. The summed E-state index contributed by atoms with van der Waals surface area (Å²) in [6, 6.07) is 32.5. The third-order valence-electron chi connectivity index (χ3n) is 5.95. The van der Waals surface area contributed by atoms with Gasteiger partial charge in [0.1, 0.15) is 11.2 Å².